The van der Waals surface area contributed by atoms with Crippen LogP contribution in [-0.2, 0) is 17.8 Å². The average molecular weight is 406 g/mol. The Labute approximate surface area is 137 Å². The quantitative estimate of drug-likeness (QED) is 0.593. The Hall–Kier alpha value is -0.820. The van der Waals surface area contributed by atoms with Gasteiger partial charge in [0.1, 0.15) is 12.4 Å². The minimum atomic E-state index is 0.0144. The van der Waals surface area contributed by atoms with Crippen LogP contribution in [0.4, 0.5) is 0 Å². The van der Waals surface area contributed by atoms with Gasteiger partial charge in [-0.3, -0.25) is 4.79 Å². The first-order chi connectivity index (χ1) is 9.65. The molecule has 0 fully saturated rings. The number of aryl methyl sites for hydroxylation is 1. The van der Waals surface area contributed by atoms with E-state index >= 15 is 0 Å². The molecule has 2 rings (SSSR count). The van der Waals surface area contributed by atoms with Gasteiger partial charge < -0.3 is 9.88 Å². The van der Waals surface area contributed by atoms with Gasteiger partial charge in [0.25, 0.3) is 0 Å². The highest BCUT2D eigenvalue weighted by Crippen LogP contribution is 2.19. The van der Waals surface area contributed by atoms with Crippen LogP contribution in [-0.4, -0.2) is 27.9 Å². The summed E-state index contributed by atoms with van der Waals surface area (Å²) in [4.78, 5) is 16.5. The predicted molar refractivity (Wildman–Crippen MR) is 90.2 cm³/mol. The molecule has 4 nitrogen and oxygen atoms in total. The molecular formula is C14H17ClIN3O. The highest BCUT2D eigenvalue weighted by molar-refractivity contribution is 14.1. The number of rotatable bonds is 6. The third-order valence-electron chi connectivity index (χ3n) is 2.98. The lowest BCUT2D eigenvalue weighted by molar-refractivity contribution is -0.121. The van der Waals surface area contributed by atoms with Crippen molar-refractivity contribution in [1.82, 2.24) is 14.9 Å². The lowest BCUT2D eigenvalue weighted by Crippen LogP contribution is -2.28. The highest BCUT2D eigenvalue weighted by atomic mass is 127. The molecule has 0 saturated heterocycles. The number of imidazole rings is 1. The van der Waals surface area contributed by atoms with Gasteiger partial charge in [-0.05, 0) is 47.2 Å². The molecule has 2 aromatic rings. The second-order valence-corrected chi connectivity index (χ2v) is 6.16. The van der Waals surface area contributed by atoms with E-state index < -0.39 is 0 Å². The number of nitrogens with zero attached hydrogens (tertiary/aromatic N) is 2. The van der Waals surface area contributed by atoms with Crippen molar-refractivity contribution in [2.45, 2.75) is 26.3 Å². The molecule has 0 atom stereocenters. The molecule has 0 saturated carbocycles. The molecule has 0 aliphatic carbocycles. The van der Waals surface area contributed by atoms with Crippen molar-refractivity contribution in [1.29, 1.82) is 0 Å². The van der Waals surface area contributed by atoms with Gasteiger partial charge in [0, 0.05) is 22.4 Å². The van der Waals surface area contributed by atoms with Gasteiger partial charge in [-0.25, -0.2) is 4.98 Å². The van der Waals surface area contributed by atoms with E-state index in [4.69, 9.17) is 11.6 Å². The van der Waals surface area contributed by atoms with Gasteiger partial charge in [0.2, 0.25) is 5.91 Å². The molecule has 20 heavy (non-hydrogen) atoms. The number of hydrogen-bond acceptors (Lipinski definition) is 2. The molecule has 108 valence electrons. The van der Waals surface area contributed by atoms with Crippen LogP contribution >= 0.6 is 34.2 Å². The second kappa shape index (κ2) is 7.26. The van der Waals surface area contributed by atoms with Crippen molar-refractivity contribution in [2.75, 3.05) is 12.4 Å². The minimum absolute atomic E-state index is 0.0144. The van der Waals surface area contributed by atoms with E-state index in [2.05, 4.69) is 32.9 Å². The maximum Gasteiger partial charge on any atom is 0.240 e. The first kappa shape index (κ1) is 15.6. The van der Waals surface area contributed by atoms with Crippen LogP contribution in [0.1, 0.15) is 19.2 Å². The number of amides is 1. The Kier molecular flexibility index (Phi) is 5.65. The summed E-state index contributed by atoms with van der Waals surface area (Å²) in [5.41, 5.74) is 1.90. The van der Waals surface area contributed by atoms with Gasteiger partial charge in [-0.15, -0.1) is 11.6 Å². The summed E-state index contributed by atoms with van der Waals surface area (Å²) < 4.78 is 3.09. The predicted octanol–water partition coefficient (Wildman–Crippen LogP) is 2.95. The molecule has 0 bridgehead atoms. The zero-order chi connectivity index (χ0) is 14.5. The average Bonchev–Trinajstić information content (AvgIpc) is 2.74. The minimum Gasteiger partial charge on any atom is -0.355 e. The van der Waals surface area contributed by atoms with Crippen LogP contribution in [0.15, 0.2) is 18.2 Å². The van der Waals surface area contributed by atoms with E-state index in [1.54, 1.807) is 0 Å². The standard InChI is InChI=1S/C14H17ClIN3O/c1-2-7-17-14(20)9-19-12-4-3-10(16)8-11(12)18-13(19)5-6-15/h3-4,8H,2,5-7,9H2,1H3,(H,17,20). The Bertz CT molecular complexity index is 612. The molecule has 1 heterocycles. The Morgan fingerprint density at radius 3 is 3.00 bits per heavy atom. The summed E-state index contributed by atoms with van der Waals surface area (Å²) >= 11 is 8.09. The molecule has 0 aliphatic rings. The van der Waals surface area contributed by atoms with Crippen LogP contribution in [0.5, 0.6) is 0 Å². The third-order valence-corrected chi connectivity index (χ3v) is 3.84. The second-order valence-electron chi connectivity index (χ2n) is 4.54. The van der Waals surface area contributed by atoms with E-state index in [0.29, 0.717) is 25.4 Å². The number of halogens is 2. The van der Waals surface area contributed by atoms with Gasteiger partial charge in [-0.2, -0.15) is 0 Å². The summed E-state index contributed by atoms with van der Waals surface area (Å²) in [5, 5.41) is 2.89. The molecule has 1 amide bonds. The summed E-state index contributed by atoms with van der Waals surface area (Å²) in [7, 11) is 0. The molecule has 1 N–H and O–H groups in total. The number of fused-ring (bicyclic) bond motifs is 1. The summed E-state index contributed by atoms with van der Waals surface area (Å²) in [5.74, 6) is 1.38. The number of nitrogens with one attached hydrogen (secondary N) is 1. The topological polar surface area (TPSA) is 46.9 Å². The largest absolute Gasteiger partial charge is 0.355 e. The fourth-order valence-electron chi connectivity index (χ4n) is 2.07. The van der Waals surface area contributed by atoms with Gasteiger partial charge >= 0.3 is 0 Å². The van der Waals surface area contributed by atoms with Crippen molar-refractivity contribution >= 4 is 51.1 Å². The number of hydrogen-bond donors (Lipinski definition) is 1. The van der Waals surface area contributed by atoms with Crippen molar-refractivity contribution in [3.63, 3.8) is 0 Å². The Morgan fingerprint density at radius 1 is 1.50 bits per heavy atom. The van der Waals surface area contributed by atoms with E-state index in [-0.39, 0.29) is 5.91 Å². The van der Waals surface area contributed by atoms with Crippen molar-refractivity contribution in [3.05, 3.63) is 27.6 Å². The van der Waals surface area contributed by atoms with Gasteiger partial charge in [-0.1, -0.05) is 6.92 Å². The fourth-order valence-corrected chi connectivity index (χ4v) is 2.71. The fraction of sp³-hybridized carbons (Fsp3) is 0.429. The molecule has 6 heteroatoms. The number of benzene rings is 1. The molecular weight excluding hydrogens is 389 g/mol. The van der Waals surface area contributed by atoms with Crippen LogP contribution < -0.4 is 5.32 Å². The maximum atomic E-state index is 11.9. The van der Waals surface area contributed by atoms with Crippen LogP contribution in [0.3, 0.4) is 0 Å². The lowest BCUT2D eigenvalue weighted by Gasteiger charge is -2.09. The summed E-state index contributed by atoms with van der Waals surface area (Å²) in [6.45, 7) is 3.03. The van der Waals surface area contributed by atoms with Crippen LogP contribution in [0.2, 0.25) is 0 Å². The molecule has 0 radical (unpaired) electrons. The molecule has 0 aliphatic heterocycles. The molecule has 1 aromatic heterocycles. The van der Waals surface area contributed by atoms with Crippen molar-refractivity contribution < 1.29 is 4.79 Å². The van der Waals surface area contributed by atoms with E-state index in [1.807, 2.05) is 29.7 Å². The van der Waals surface area contributed by atoms with E-state index in [0.717, 1.165) is 26.8 Å². The summed E-state index contributed by atoms with van der Waals surface area (Å²) in [6, 6.07) is 6.05. The number of aromatic nitrogens is 2. The third kappa shape index (κ3) is 3.63. The number of carbonyl (C=O) groups excluding carboxylic acids is 1. The zero-order valence-electron chi connectivity index (χ0n) is 11.3. The molecule has 0 spiro atoms. The number of alkyl halides is 1. The van der Waals surface area contributed by atoms with E-state index in [1.165, 1.54) is 0 Å². The van der Waals surface area contributed by atoms with Crippen LogP contribution in [0.25, 0.3) is 11.0 Å². The first-order valence-corrected chi connectivity index (χ1v) is 8.24. The number of carbonyl (C=O) groups is 1. The van der Waals surface area contributed by atoms with Crippen molar-refractivity contribution in [3.8, 4) is 0 Å². The SMILES string of the molecule is CCCNC(=O)Cn1c(CCCl)nc2cc(I)ccc21. The monoisotopic (exact) mass is 405 g/mol. The normalized spacial score (nSPS) is 10.9. The highest BCUT2D eigenvalue weighted by Gasteiger charge is 2.13. The Morgan fingerprint density at radius 2 is 2.30 bits per heavy atom. The van der Waals surface area contributed by atoms with E-state index in [9.17, 15) is 4.79 Å². The van der Waals surface area contributed by atoms with Crippen molar-refractivity contribution in [2.24, 2.45) is 0 Å². The molecule has 1 aromatic carbocycles. The zero-order valence-corrected chi connectivity index (χ0v) is 14.2. The summed E-state index contributed by atoms with van der Waals surface area (Å²) in [6.07, 6.45) is 1.59. The molecule has 0 unspecified atom stereocenters. The lowest BCUT2D eigenvalue weighted by atomic mass is 10.3. The van der Waals surface area contributed by atoms with Crippen LogP contribution in [0, 0.1) is 3.57 Å². The Balaban J connectivity index is 2.33. The smallest absolute Gasteiger partial charge is 0.240 e. The van der Waals surface area contributed by atoms with Gasteiger partial charge in [0.15, 0.2) is 0 Å². The first-order valence-electron chi connectivity index (χ1n) is 6.63. The maximum absolute atomic E-state index is 11.9. The van der Waals surface area contributed by atoms with Gasteiger partial charge in [0.05, 0.1) is 11.0 Å².